The summed E-state index contributed by atoms with van der Waals surface area (Å²) in [7, 11) is -2.26. The highest BCUT2D eigenvalue weighted by molar-refractivity contribution is 7.89. The Morgan fingerprint density at radius 1 is 1.29 bits per heavy atom. The number of oxazole rings is 1. The van der Waals surface area contributed by atoms with E-state index >= 15 is 0 Å². The maximum Gasteiger partial charge on any atom is 0.419 e. The molecule has 1 aliphatic carbocycles. The molecule has 1 heterocycles. The number of amides is 1. The first-order chi connectivity index (χ1) is 13.2. The van der Waals surface area contributed by atoms with Gasteiger partial charge in [-0.1, -0.05) is 26.7 Å². The number of nitrogens with zero attached hydrogens (tertiary/aromatic N) is 1. The minimum Gasteiger partial charge on any atom is -0.408 e. The maximum atomic E-state index is 12.5. The SMILES string of the molecule is C[C@H]1[C@H](C)CCC[C@@H]1NC(=O)CCNS(=O)(=O)c1ccc2c(c1)oc(=O)n2C. The predicted molar refractivity (Wildman–Crippen MR) is 105 cm³/mol. The molecule has 3 rings (SSSR count). The van der Waals surface area contributed by atoms with E-state index in [4.69, 9.17) is 4.42 Å². The number of hydrogen-bond acceptors (Lipinski definition) is 5. The van der Waals surface area contributed by atoms with Gasteiger partial charge in [0.05, 0.1) is 10.4 Å². The summed E-state index contributed by atoms with van der Waals surface area (Å²) in [4.78, 5) is 23.7. The zero-order valence-corrected chi connectivity index (χ0v) is 17.2. The van der Waals surface area contributed by atoms with Gasteiger partial charge in [0.15, 0.2) is 5.58 Å². The molecule has 1 aliphatic rings. The minimum atomic E-state index is -3.80. The quantitative estimate of drug-likeness (QED) is 0.755. The number of hydrogen-bond donors (Lipinski definition) is 2. The molecular weight excluding hydrogens is 382 g/mol. The fourth-order valence-corrected chi connectivity index (χ4v) is 4.78. The Morgan fingerprint density at radius 3 is 2.79 bits per heavy atom. The number of aryl methyl sites for hydroxylation is 1. The summed E-state index contributed by atoms with van der Waals surface area (Å²) >= 11 is 0. The van der Waals surface area contributed by atoms with Crippen LogP contribution in [-0.4, -0.2) is 31.5 Å². The van der Waals surface area contributed by atoms with Gasteiger partial charge in [0.1, 0.15) is 0 Å². The summed E-state index contributed by atoms with van der Waals surface area (Å²) in [6, 6.07) is 4.39. The van der Waals surface area contributed by atoms with Gasteiger partial charge < -0.3 is 9.73 Å². The van der Waals surface area contributed by atoms with E-state index in [-0.39, 0.29) is 35.4 Å². The Bertz CT molecular complexity index is 1020. The van der Waals surface area contributed by atoms with Gasteiger partial charge in [0, 0.05) is 32.1 Å². The molecule has 8 nitrogen and oxygen atoms in total. The van der Waals surface area contributed by atoms with Crippen molar-refractivity contribution in [3.05, 3.63) is 28.7 Å². The molecule has 0 saturated heterocycles. The Kier molecular flexibility index (Phi) is 5.95. The topological polar surface area (TPSA) is 110 Å². The van der Waals surface area contributed by atoms with Crippen molar-refractivity contribution >= 4 is 27.0 Å². The van der Waals surface area contributed by atoms with Crippen LogP contribution in [0.5, 0.6) is 0 Å². The highest BCUT2D eigenvalue weighted by Crippen LogP contribution is 2.29. The van der Waals surface area contributed by atoms with Crippen LogP contribution in [-0.2, 0) is 21.9 Å². The lowest BCUT2D eigenvalue weighted by Crippen LogP contribution is -2.44. The van der Waals surface area contributed by atoms with Gasteiger partial charge in [-0.15, -0.1) is 0 Å². The van der Waals surface area contributed by atoms with Crippen molar-refractivity contribution in [3.63, 3.8) is 0 Å². The molecule has 2 aromatic rings. The van der Waals surface area contributed by atoms with E-state index in [2.05, 4.69) is 23.9 Å². The van der Waals surface area contributed by atoms with E-state index in [1.807, 2.05) is 0 Å². The summed E-state index contributed by atoms with van der Waals surface area (Å²) in [5.74, 6) is 0.283. The normalized spacial score (nSPS) is 23.0. The standard InChI is InChI=1S/C19H27N3O5S/c1-12-5-4-6-15(13(12)2)21-18(23)9-10-20-28(25,26)14-7-8-16-17(11-14)27-19(24)22(16)3/h7-8,11-13,15,20H,4-6,9-10H2,1-3H3,(H,21,23)/t12-,13+,15+/m1/s1. The molecule has 9 heteroatoms. The van der Waals surface area contributed by atoms with E-state index in [1.165, 1.54) is 29.2 Å². The fourth-order valence-electron chi connectivity index (χ4n) is 3.73. The number of benzene rings is 1. The van der Waals surface area contributed by atoms with Crippen LogP contribution < -0.4 is 15.8 Å². The zero-order valence-electron chi connectivity index (χ0n) is 16.4. The molecule has 3 atom stereocenters. The second kappa shape index (κ2) is 8.08. The largest absolute Gasteiger partial charge is 0.419 e. The van der Waals surface area contributed by atoms with Crippen LogP contribution in [0.1, 0.15) is 39.5 Å². The van der Waals surface area contributed by atoms with Gasteiger partial charge in [-0.05, 0) is 30.4 Å². The fraction of sp³-hybridized carbons (Fsp3) is 0.579. The monoisotopic (exact) mass is 409 g/mol. The van der Waals surface area contributed by atoms with Crippen LogP contribution in [0.4, 0.5) is 0 Å². The lowest BCUT2D eigenvalue weighted by Gasteiger charge is -2.34. The molecule has 0 unspecified atom stereocenters. The van der Waals surface area contributed by atoms with E-state index < -0.39 is 15.8 Å². The van der Waals surface area contributed by atoms with Crippen LogP contribution in [0.3, 0.4) is 0 Å². The lowest BCUT2D eigenvalue weighted by atomic mass is 9.78. The summed E-state index contributed by atoms with van der Waals surface area (Å²) in [5.41, 5.74) is 0.715. The number of sulfonamides is 1. The molecule has 1 fully saturated rings. The molecule has 0 spiro atoms. The van der Waals surface area contributed by atoms with Crippen molar-refractivity contribution in [2.45, 2.75) is 50.5 Å². The lowest BCUT2D eigenvalue weighted by molar-refractivity contribution is -0.122. The van der Waals surface area contributed by atoms with Crippen molar-refractivity contribution in [1.82, 2.24) is 14.6 Å². The number of aromatic nitrogens is 1. The summed E-state index contributed by atoms with van der Waals surface area (Å²) in [5, 5.41) is 3.03. The second-order valence-electron chi connectivity index (χ2n) is 7.65. The zero-order chi connectivity index (χ0) is 20.5. The number of rotatable bonds is 6. The van der Waals surface area contributed by atoms with Crippen molar-refractivity contribution in [1.29, 1.82) is 0 Å². The maximum absolute atomic E-state index is 12.5. The number of carbonyl (C=O) groups is 1. The Balaban J connectivity index is 1.57. The van der Waals surface area contributed by atoms with Gasteiger partial charge in [-0.2, -0.15) is 0 Å². The Hall–Kier alpha value is -2.13. The van der Waals surface area contributed by atoms with Crippen LogP contribution in [0.2, 0.25) is 0 Å². The van der Waals surface area contributed by atoms with E-state index in [1.54, 1.807) is 7.05 Å². The van der Waals surface area contributed by atoms with Crippen LogP contribution in [0, 0.1) is 11.8 Å². The smallest absolute Gasteiger partial charge is 0.408 e. The third-order valence-electron chi connectivity index (χ3n) is 5.77. The third-order valence-corrected chi connectivity index (χ3v) is 7.23. The van der Waals surface area contributed by atoms with Crippen LogP contribution in [0.25, 0.3) is 11.1 Å². The van der Waals surface area contributed by atoms with Crippen LogP contribution >= 0.6 is 0 Å². The summed E-state index contributed by atoms with van der Waals surface area (Å²) in [6.45, 7) is 4.35. The average molecular weight is 410 g/mol. The predicted octanol–water partition coefficient (Wildman–Crippen LogP) is 1.74. The first-order valence-corrected chi connectivity index (χ1v) is 11.1. The molecule has 0 aliphatic heterocycles. The molecule has 154 valence electrons. The van der Waals surface area contributed by atoms with E-state index in [9.17, 15) is 18.0 Å². The van der Waals surface area contributed by atoms with Gasteiger partial charge in [0.2, 0.25) is 15.9 Å². The van der Waals surface area contributed by atoms with Gasteiger partial charge in [-0.25, -0.2) is 17.9 Å². The van der Waals surface area contributed by atoms with Gasteiger partial charge >= 0.3 is 5.76 Å². The highest BCUT2D eigenvalue weighted by Gasteiger charge is 2.28. The third kappa shape index (κ3) is 4.30. The number of nitrogens with one attached hydrogen (secondary N) is 2. The first-order valence-electron chi connectivity index (χ1n) is 9.57. The molecule has 1 saturated carbocycles. The summed E-state index contributed by atoms with van der Waals surface area (Å²) < 4.78 is 33.7. The second-order valence-corrected chi connectivity index (χ2v) is 9.41. The molecule has 1 aromatic heterocycles. The first kappa shape index (κ1) is 20.6. The van der Waals surface area contributed by atoms with E-state index in [0.717, 1.165) is 12.8 Å². The molecule has 1 amide bonds. The molecule has 28 heavy (non-hydrogen) atoms. The molecule has 1 aromatic carbocycles. The summed E-state index contributed by atoms with van der Waals surface area (Å²) in [6.07, 6.45) is 3.31. The van der Waals surface area contributed by atoms with Crippen molar-refractivity contribution < 1.29 is 17.6 Å². The Morgan fingerprint density at radius 2 is 2.04 bits per heavy atom. The number of carbonyl (C=O) groups excluding carboxylic acids is 1. The van der Waals surface area contributed by atoms with Crippen molar-refractivity contribution in [2.24, 2.45) is 18.9 Å². The highest BCUT2D eigenvalue weighted by atomic mass is 32.2. The molecule has 2 N–H and O–H groups in total. The average Bonchev–Trinajstić information content (AvgIpc) is 2.92. The number of fused-ring (bicyclic) bond motifs is 1. The van der Waals surface area contributed by atoms with Crippen molar-refractivity contribution in [2.75, 3.05) is 6.54 Å². The van der Waals surface area contributed by atoms with Gasteiger partial charge in [-0.3, -0.25) is 9.36 Å². The molecule has 0 bridgehead atoms. The minimum absolute atomic E-state index is 0.00158. The van der Waals surface area contributed by atoms with Crippen molar-refractivity contribution in [3.8, 4) is 0 Å². The van der Waals surface area contributed by atoms with E-state index in [0.29, 0.717) is 17.4 Å². The van der Waals surface area contributed by atoms with Gasteiger partial charge in [0.25, 0.3) is 0 Å². The van der Waals surface area contributed by atoms with Crippen LogP contribution in [0.15, 0.2) is 32.3 Å². The Labute approximate surface area is 164 Å². The molecule has 0 radical (unpaired) electrons. The molecular formula is C19H27N3O5S.